The van der Waals surface area contributed by atoms with Crippen LogP contribution in [-0.4, -0.2) is 36.5 Å². The third-order valence-corrected chi connectivity index (χ3v) is 4.21. The van der Waals surface area contributed by atoms with Crippen molar-refractivity contribution < 1.29 is 14.3 Å². The summed E-state index contributed by atoms with van der Waals surface area (Å²) in [5, 5.41) is 4.96. The maximum atomic E-state index is 11.9. The van der Waals surface area contributed by atoms with Crippen molar-refractivity contribution in [1.29, 1.82) is 0 Å². The van der Waals surface area contributed by atoms with Crippen molar-refractivity contribution >= 4 is 34.0 Å². The smallest absolute Gasteiger partial charge is 0.265 e. The Morgan fingerprint density at radius 1 is 1.52 bits per heavy atom. The molecule has 0 aliphatic carbocycles. The van der Waals surface area contributed by atoms with Crippen molar-refractivity contribution in [3.63, 3.8) is 0 Å². The summed E-state index contributed by atoms with van der Waals surface area (Å²) < 4.78 is 5.45. The molecule has 23 heavy (non-hydrogen) atoms. The van der Waals surface area contributed by atoms with Gasteiger partial charge in [-0.2, -0.15) is 0 Å². The first-order valence-corrected chi connectivity index (χ1v) is 8.03. The van der Waals surface area contributed by atoms with Gasteiger partial charge in [0.1, 0.15) is 5.75 Å². The van der Waals surface area contributed by atoms with Gasteiger partial charge in [-0.15, -0.1) is 11.3 Å². The van der Waals surface area contributed by atoms with Crippen LogP contribution in [0, 0.1) is 0 Å². The normalized spacial score (nSPS) is 13.5. The number of benzene rings is 1. The van der Waals surface area contributed by atoms with Gasteiger partial charge in [-0.25, -0.2) is 4.98 Å². The van der Waals surface area contributed by atoms with Crippen LogP contribution in [0.15, 0.2) is 23.6 Å². The number of nitrogens with two attached hydrogens (primary N) is 1. The molecule has 1 aliphatic heterocycles. The molecular weight excluding hydrogens is 316 g/mol. The van der Waals surface area contributed by atoms with E-state index in [4.69, 9.17) is 10.5 Å². The van der Waals surface area contributed by atoms with Crippen LogP contribution in [0.25, 0.3) is 11.3 Å². The highest BCUT2D eigenvalue weighted by atomic mass is 32.1. The lowest BCUT2D eigenvalue weighted by atomic mass is 10.1. The Labute approximate surface area is 137 Å². The minimum atomic E-state index is -0.285. The van der Waals surface area contributed by atoms with Gasteiger partial charge in [0.15, 0.2) is 11.7 Å². The standard InChI is InChI=1S/C15H16N4O3S/c1-2-19-11-5-9(3-4-12(11)22-7-14(19)21)10-8-23-15(17-10)18-13(20)6-16/h3-5,8H,2,6-7,16H2,1H3,(H,17,18,20). The van der Waals surface area contributed by atoms with Gasteiger partial charge in [0, 0.05) is 17.5 Å². The lowest BCUT2D eigenvalue weighted by molar-refractivity contribution is -0.121. The number of hydrogen-bond donors (Lipinski definition) is 2. The van der Waals surface area contributed by atoms with E-state index in [2.05, 4.69) is 10.3 Å². The van der Waals surface area contributed by atoms with Crippen LogP contribution in [0.3, 0.4) is 0 Å². The van der Waals surface area contributed by atoms with E-state index in [1.54, 1.807) is 4.90 Å². The number of likely N-dealkylation sites (N-methyl/N-ethyl adjacent to an activating group) is 1. The van der Waals surface area contributed by atoms with E-state index < -0.39 is 0 Å². The van der Waals surface area contributed by atoms with Crippen LogP contribution in [0.2, 0.25) is 0 Å². The number of carbonyl (C=O) groups excluding carboxylic acids is 2. The average molecular weight is 332 g/mol. The fourth-order valence-electron chi connectivity index (χ4n) is 2.34. The third-order valence-electron chi connectivity index (χ3n) is 3.45. The van der Waals surface area contributed by atoms with E-state index in [9.17, 15) is 9.59 Å². The summed E-state index contributed by atoms with van der Waals surface area (Å²) in [5.74, 6) is 0.334. The van der Waals surface area contributed by atoms with Gasteiger partial charge in [-0.3, -0.25) is 9.59 Å². The molecule has 0 saturated carbocycles. The van der Waals surface area contributed by atoms with E-state index >= 15 is 0 Å². The SMILES string of the molecule is CCN1C(=O)COc2ccc(-c3csc(NC(=O)CN)n3)cc21. The van der Waals surface area contributed by atoms with Crippen molar-refractivity contribution in [2.24, 2.45) is 5.73 Å². The molecule has 0 spiro atoms. The maximum Gasteiger partial charge on any atom is 0.265 e. The number of thiazole rings is 1. The number of carbonyl (C=O) groups is 2. The zero-order valence-electron chi connectivity index (χ0n) is 12.5. The van der Waals surface area contributed by atoms with E-state index in [1.165, 1.54) is 11.3 Å². The molecule has 7 nitrogen and oxygen atoms in total. The number of hydrogen-bond acceptors (Lipinski definition) is 6. The molecule has 0 saturated heterocycles. The molecule has 3 N–H and O–H groups in total. The van der Waals surface area contributed by atoms with Crippen LogP contribution < -0.4 is 20.7 Å². The van der Waals surface area contributed by atoms with Crippen LogP contribution in [0.4, 0.5) is 10.8 Å². The molecule has 8 heteroatoms. The Balaban J connectivity index is 1.91. The van der Waals surface area contributed by atoms with Gasteiger partial charge in [0.2, 0.25) is 5.91 Å². The number of ether oxygens (including phenoxy) is 1. The summed E-state index contributed by atoms with van der Waals surface area (Å²) in [6.07, 6.45) is 0. The molecule has 2 heterocycles. The highest BCUT2D eigenvalue weighted by Crippen LogP contribution is 2.36. The fraction of sp³-hybridized carbons (Fsp3) is 0.267. The van der Waals surface area contributed by atoms with E-state index in [-0.39, 0.29) is 25.0 Å². The van der Waals surface area contributed by atoms with Gasteiger partial charge in [-0.05, 0) is 25.1 Å². The molecule has 2 aromatic rings. The molecule has 0 unspecified atom stereocenters. The largest absolute Gasteiger partial charge is 0.482 e. The van der Waals surface area contributed by atoms with Crippen molar-refractivity contribution in [2.75, 3.05) is 29.9 Å². The molecular formula is C15H16N4O3S. The van der Waals surface area contributed by atoms with Crippen LogP contribution in [-0.2, 0) is 9.59 Å². The molecule has 3 rings (SSSR count). The third kappa shape index (κ3) is 3.03. The summed E-state index contributed by atoms with van der Waals surface area (Å²) in [4.78, 5) is 29.3. The van der Waals surface area contributed by atoms with E-state index in [0.29, 0.717) is 17.4 Å². The lowest BCUT2D eigenvalue weighted by Crippen LogP contribution is -2.38. The first-order chi connectivity index (χ1) is 11.1. The Hall–Kier alpha value is -2.45. The second kappa shape index (κ2) is 6.35. The molecule has 1 aromatic heterocycles. The molecule has 0 atom stereocenters. The highest BCUT2D eigenvalue weighted by molar-refractivity contribution is 7.14. The average Bonchev–Trinajstić information content (AvgIpc) is 3.02. The topological polar surface area (TPSA) is 97.5 Å². The number of anilines is 2. The summed E-state index contributed by atoms with van der Waals surface area (Å²) >= 11 is 1.32. The monoisotopic (exact) mass is 332 g/mol. The molecule has 2 amide bonds. The Morgan fingerprint density at radius 3 is 3.09 bits per heavy atom. The Kier molecular flexibility index (Phi) is 4.26. The quantitative estimate of drug-likeness (QED) is 0.883. The van der Waals surface area contributed by atoms with Gasteiger partial charge in [0.05, 0.1) is 17.9 Å². The Bertz CT molecular complexity index is 759. The second-order valence-electron chi connectivity index (χ2n) is 4.90. The van der Waals surface area contributed by atoms with Crippen LogP contribution in [0.5, 0.6) is 5.75 Å². The maximum absolute atomic E-state index is 11.9. The second-order valence-corrected chi connectivity index (χ2v) is 5.76. The van der Waals surface area contributed by atoms with Gasteiger partial charge in [-0.1, -0.05) is 0 Å². The highest BCUT2D eigenvalue weighted by Gasteiger charge is 2.24. The summed E-state index contributed by atoms with van der Waals surface area (Å²) in [5.41, 5.74) is 7.58. The van der Waals surface area contributed by atoms with Gasteiger partial charge in [0.25, 0.3) is 5.91 Å². The molecule has 0 bridgehead atoms. The lowest BCUT2D eigenvalue weighted by Gasteiger charge is -2.28. The molecule has 120 valence electrons. The van der Waals surface area contributed by atoms with Crippen LogP contribution in [0.1, 0.15) is 6.92 Å². The molecule has 0 fully saturated rings. The Morgan fingerprint density at radius 2 is 2.35 bits per heavy atom. The number of amides is 2. The fourth-order valence-corrected chi connectivity index (χ4v) is 3.08. The van der Waals surface area contributed by atoms with Crippen molar-refractivity contribution in [3.05, 3.63) is 23.6 Å². The minimum absolute atomic E-state index is 0.0617. The number of fused-ring (bicyclic) bond motifs is 1. The van der Waals surface area contributed by atoms with Crippen molar-refractivity contribution in [2.45, 2.75) is 6.92 Å². The summed E-state index contributed by atoms with van der Waals surface area (Å²) in [7, 11) is 0. The summed E-state index contributed by atoms with van der Waals surface area (Å²) in [6, 6.07) is 5.59. The summed E-state index contributed by atoms with van der Waals surface area (Å²) in [6.45, 7) is 2.47. The van der Waals surface area contributed by atoms with Crippen molar-refractivity contribution in [1.82, 2.24) is 4.98 Å². The van der Waals surface area contributed by atoms with Gasteiger partial charge >= 0.3 is 0 Å². The molecule has 1 aromatic carbocycles. The number of aromatic nitrogens is 1. The molecule has 0 radical (unpaired) electrons. The van der Waals surface area contributed by atoms with Gasteiger partial charge < -0.3 is 20.7 Å². The number of rotatable bonds is 4. The number of nitrogens with one attached hydrogen (secondary N) is 1. The zero-order chi connectivity index (χ0) is 16.4. The zero-order valence-corrected chi connectivity index (χ0v) is 13.4. The minimum Gasteiger partial charge on any atom is -0.482 e. The van der Waals surface area contributed by atoms with Crippen molar-refractivity contribution in [3.8, 4) is 17.0 Å². The first kappa shape index (κ1) is 15.4. The van der Waals surface area contributed by atoms with E-state index in [0.717, 1.165) is 16.9 Å². The predicted octanol–water partition coefficient (Wildman–Crippen LogP) is 1.45. The molecule has 1 aliphatic rings. The number of nitrogens with zero attached hydrogens (tertiary/aromatic N) is 2. The first-order valence-electron chi connectivity index (χ1n) is 7.15. The van der Waals surface area contributed by atoms with E-state index in [1.807, 2.05) is 30.5 Å². The predicted molar refractivity (Wildman–Crippen MR) is 88.8 cm³/mol. The van der Waals surface area contributed by atoms with Crippen LogP contribution >= 0.6 is 11.3 Å².